The highest BCUT2D eigenvalue weighted by molar-refractivity contribution is 7.53. The Kier molecular flexibility index (Phi) is 1.63. The maximum atomic E-state index is 10.5. The molecule has 3 atom stereocenters. The molecular formula is C3H7O5P. The van der Waals surface area contributed by atoms with Crippen molar-refractivity contribution in [1.82, 2.24) is 0 Å². The lowest BCUT2D eigenvalue weighted by molar-refractivity contribution is 0.0674. The molecule has 1 aliphatic heterocycles. The van der Waals surface area contributed by atoms with Gasteiger partial charge in [-0.2, -0.15) is 0 Å². The van der Waals surface area contributed by atoms with E-state index in [-0.39, 0.29) is 6.61 Å². The lowest BCUT2D eigenvalue weighted by Crippen LogP contribution is -2.20. The predicted molar refractivity (Wildman–Crippen MR) is 27.8 cm³/mol. The van der Waals surface area contributed by atoms with E-state index in [0.717, 1.165) is 0 Å². The van der Waals surface area contributed by atoms with E-state index >= 15 is 0 Å². The van der Waals surface area contributed by atoms with Crippen molar-refractivity contribution in [2.45, 2.75) is 11.9 Å². The topological polar surface area (TPSA) is 87.0 Å². The largest absolute Gasteiger partial charge is 0.387 e. The SMILES string of the molecule is O=P1(O)OCC(O)C1O. The maximum Gasteiger partial charge on any atom is 0.359 e. The van der Waals surface area contributed by atoms with Crippen molar-refractivity contribution in [3.05, 3.63) is 0 Å². The molecule has 0 aromatic rings. The van der Waals surface area contributed by atoms with Gasteiger partial charge in [-0.05, 0) is 0 Å². The average Bonchev–Trinajstić information content (AvgIpc) is 1.97. The average molecular weight is 154 g/mol. The summed E-state index contributed by atoms with van der Waals surface area (Å²) in [6.07, 6.45) is -1.22. The molecule has 0 aromatic heterocycles. The normalized spacial score (nSPS) is 51.9. The Morgan fingerprint density at radius 3 is 2.22 bits per heavy atom. The minimum Gasteiger partial charge on any atom is -0.387 e. The van der Waals surface area contributed by atoms with Crippen LogP contribution in [0.15, 0.2) is 0 Å². The fraction of sp³-hybridized carbons (Fsp3) is 1.00. The molecule has 1 saturated heterocycles. The summed E-state index contributed by atoms with van der Waals surface area (Å²) >= 11 is 0. The van der Waals surface area contributed by atoms with E-state index in [2.05, 4.69) is 4.52 Å². The summed E-state index contributed by atoms with van der Waals surface area (Å²) in [6.45, 7) is -0.269. The van der Waals surface area contributed by atoms with E-state index < -0.39 is 19.5 Å². The highest BCUT2D eigenvalue weighted by Crippen LogP contribution is 2.52. The molecule has 0 spiro atoms. The molecule has 1 fully saturated rings. The molecule has 1 aliphatic rings. The van der Waals surface area contributed by atoms with Gasteiger partial charge in [0.1, 0.15) is 6.10 Å². The third-order valence-corrected chi connectivity index (χ3v) is 2.64. The molecule has 1 rings (SSSR count). The van der Waals surface area contributed by atoms with Crippen molar-refractivity contribution in [2.24, 2.45) is 0 Å². The zero-order valence-electron chi connectivity index (χ0n) is 4.47. The Bertz CT molecular complexity index is 156. The van der Waals surface area contributed by atoms with Crippen LogP contribution in [0.5, 0.6) is 0 Å². The number of aliphatic hydroxyl groups excluding tert-OH is 2. The van der Waals surface area contributed by atoms with Crippen LogP contribution in [0, 0.1) is 0 Å². The smallest absolute Gasteiger partial charge is 0.359 e. The minimum atomic E-state index is -3.88. The summed E-state index contributed by atoms with van der Waals surface area (Å²) in [5.74, 6) is -1.63. The van der Waals surface area contributed by atoms with Crippen LogP contribution in [-0.4, -0.2) is 33.7 Å². The molecular weight excluding hydrogens is 147 g/mol. The Morgan fingerprint density at radius 1 is 1.56 bits per heavy atom. The second-order valence-corrected chi connectivity index (χ2v) is 3.76. The van der Waals surface area contributed by atoms with Gasteiger partial charge in [-0.15, -0.1) is 0 Å². The van der Waals surface area contributed by atoms with Gasteiger partial charge in [-0.1, -0.05) is 0 Å². The Balaban J connectivity index is 2.74. The molecule has 5 nitrogen and oxygen atoms in total. The third kappa shape index (κ3) is 1.15. The lowest BCUT2D eigenvalue weighted by atomic mass is 10.4. The van der Waals surface area contributed by atoms with Crippen molar-refractivity contribution in [3.63, 3.8) is 0 Å². The standard InChI is InChI=1S/C3H7O5P/c4-2-1-8-9(6,7)3(2)5/h2-5H,1H2,(H,6,7). The zero-order valence-corrected chi connectivity index (χ0v) is 5.36. The molecule has 0 saturated carbocycles. The van der Waals surface area contributed by atoms with E-state index in [4.69, 9.17) is 15.1 Å². The van der Waals surface area contributed by atoms with Crippen molar-refractivity contribution in [2.75, 3.05) is 6.61 Å². The predicted octanol–water partition coefficient (Wildman–Crippen LogP) is -1.12. The minimum absolute atomic E-state index is 0.269. The van der Waals surface area contributed by atoms with Gasteiger partial charge in [0.25, 0.3) is 0 Å². The molecule has 0 aromatic carbocycles. The summed E-state index contributed by atoms with van der Waals surface area (Å²) < 4.78 is 14.7. The second-order valence-electron chi connectivity index (χ2n) is 1.84. The molecule has 9 heavy (non-hydrogen) atoms. The van der Waals surface area contributed by atoms with Gasteiger partial charge in [0, 0.05) is 0 Å². The highest BCUT2D eigenvalue weighted by atomic mass is 31.2. The molecule has 0 amide bonds. The fourth-order valence-electron chi connectivity index (χ4n) is 0.563. The van der Waals surface area contributed by atoms with E-state index in [0.29, 0.717) is 0 Å². The van der Waals surface area contributed by atoms with Crippen LogP contribution < -0.4 is 0 Å². The highest BCUT2D eigenvalue weighted by Gasteiger charge is 2.43. The summed E-state index contributed by atoms with van der Waals surface area (Å²) in [7, 11) is -3.88. The molecule has 0 radical (unpaired) electrons. The van der Waals surface area contributed by atoms with Crippen LogP contribution in [0.2, 0.25) is 0 Å². The monoisotopic (exact) mass is 154 g/mol. The summed E-state index contributed by atoms with van der Waals surface area (Å²) in [5, 5.41) is 17.3. The summed E-state index contributed by atoms with van der Waals surface area (Å²) in [6, 6.07) is 0. The number of aliphatic hydroxyl groups is 2. The lowest BCUT2D eigenvalue weighted by Gasteiger charge is -2.06. The van der Waals surface area contributed by atoms with Crippen LogP contribution in [0.3, 0.4) is 0 Å². The molecule has 54 valence electrons. The molecule has 3 N–H and O–H groups in total. The second kappa shape index (κ2) is 2.04. The van der Waals surface area contributed by atoms with E-state index in [1.807, 2.05) is 0 Å². The van der Waals surface area contributed by atoms with Gasteiger partial charge in [0.05, 0.1) is 6.61 Å². The van der Waals surface area contributed by atoms with Crippen LogP contribution in [-0.2, 0) is 9.09 Å². The summed E-state index contributed by atoms with van der Waals surface area (Å²) in [4.78, 5) is 8.56. The zero-order chi connectivity index (χ0) is 7.07. The van der Waals surface area contributed by atoms with Crippen molar-refractivity contribution in [3.8, 4) is 0 Å². The van der Waals surface area contributed by atoms with E-state index in [1.165, 1.54) is 0 Å². The maximum absolute atomic E-state index is 10.5. The fourth-order valence-corrected chi connectivity index (χ4v) is 1.60. The summed E-state index contributed by atoms with van der Waals surface area (Å²) in [5.41, 5.74) is 0. The van der Waals surface area contributed by atoms with Gasteiger partial charge in [0.2, 0.25) is 0 Å². The van der Waals surface area contributed by atoms with Gasteiger partial charge in [0.15, 0.2) is 5.85 Å². The van der Waals surface area contributed by atoms with Gasteiger partial charge in [-0.25, -0.2) is 0 Å². The van der Waals surface area contributed by atoms with Crippen molar-refractivity contribution < 1.29 is 24.2 Å². The molecule has 6 heteroatoms. The van der Waals surface area contributed by atoms with Gasteiger partial charge >= 0.3 is 7.60 Å². The van der Waals surface area contributed by atoms with Crippen molar-refractivity contribution >= 4 is 7.60 Å². The first kappa shape index (κ1) is 7.18. The van der Waals surface area contributed by atoms with Crippen LogP contribution in [0.4, 0.5) is 0 Å². The van der Waals surface area contributed by atoms with E-state index in [9.17, 15) is 4.57 Å². The quantitative estimate of drug-likeness (QED) is 0.385. The number of rotatable bonds is 0. The van der Waals surface area contributed by atoms with Gasteiger partial charge < -0.3 is 19.6 Å². The number of hydrogen-bond donors (Lipinski definition) is 3. The molecule has 3 unspecified atom stereocenters. The first-order chi connectivity index (χ1) is 4.04. The Morgan fingerprint density at radius 2 is 2.11 bits per heavy atom. The van der Waals surface area contributed by atoms with Crippen LogP contribution >= 0.6 is 7.60 Å². The first-order valence-electron chi connectivity index (χ1n) is 2.37. The molecule has 1 heterocycles. The Hall–Kier alpha value is 0.0700. The van der Waals surface area contributed by atoms with Gasteiger partial charge in [-0.3, -0.25) is 4.57 Å². The molecule has 0 aliphatic carbocycles. The van der Waals surface area contributed by atoms with Crippen LogP contribution in [0.25, 0.3) is 0 Å². The third-order valence-electron chi connectivity index (χ3n) is 1.11. The Labute approximate surface area is 51.4 Å². The molecule has 0 bridgehead atoms. The van der Waals surface area contributed by atoms with Crippen LogP contribution in [0.1, 0.15) is 0 Å². The number of hydrogen-bond acceptors (Lipinski definition) is 4. The van der Waals surface area contributed by atoms with E-state index in [1.54, 1.807) is 0 Å². The van der Waals surface area contributed by atoms with Crippen molar-refractivity contribution in [1.29, 1.82) is 0 Å². The first-order valence-corrected chi connectivity index (χ1v) is 4.02.